The van der Waals surface area contributed by atoms with Crippen LogP contribution in [0.2, 0.25) is 5.02 Å². The lowest BCUT2D eigenvalue weighted by Crippen LogP contribution is -2.44. The number of hydrogen-bond donors (Lipinski definition) is 2. The highest BCUT2D eigenvalue weighted by atomic mass is 35.5. The Kier molecular flexibility index (Phi) is 5.62. The molecular weight excluding hydrogens is 348 g/mol. The van der Waals surface area contributed by atoms with Gasteiger partial charge in [-0.3, -0.25) is 9.59 Å². The molecule has 1 aliphatic rings. The Balaban J connectivity index is 1.52. The van der Waals surface area contributed by atoms with Gasteiger partial charge in [0.05, 0.1) is 6.04 Å². The molecule has 5 heteroatoms. The van der Waals surface area contributed by atoms with Crippen molar-refractivity contribution in [1.29, 1.82) is 0 Å². The van der Waals surface area contributed by atoms with E-state index in [1.165, 1.54) is 0 Å². The molecule has 0 saturated heterocycles. The molecule has 3 rings (SSSR count). The Labute approximate surface area is 158 Å². The zero-order valence-corrected chi connectivity index (χ0v) is 15.6. The molecule has 0 heterocycles. The van der Waals surface area contributed by atoms with Crippen LogP contribution in [-0.2, 0) is 16.0 Å². The molecule has 1 fully saturated rings. The van der Waals surface area contributed by atoms with Crippen molar-refractivity contribution in [2.45, 2.75) is 32.2 Å². The van der Waals surface area contributed by atoms with Gasteiger partial charge >= 0.3 is 0 Å². The number of benzene rings is 2. The van der Waals surface area contributed by atoms with Crippen LogP contribution in [-0.4, -0.2) is 18.4 Å². The van der Waals surface area contributed by atoms with E-state index >= 15 is 0 Å². The zero-order chi connectivity index (χ0) is 18.6. The third-order valence-corrected chi connectivity index (χ3v) is 5.09. The van der Waals surface area contributed by atoms with Gasteiger partial charge in [0.2, 0.25) is 11.8 Å². The van der Waals surface area contributed by atoms with Gasteiger partial charge in [0.15, 0.2) is 0 Å². The highest BCUT2D eigenvalue weighted by Crippen LogP contribution is 2.46. The third kappa shape index (κ3) is 4.25. The lowest BCUT2D eigenvalue weighted by molar-refractivity contribution is -0.137. The van der Waals surface area contributed by atoms with Crippen LogP contribution in [0.1, 0.15) is 36.9 Å². The van der Waals surface area contributed by atoms with E-state index < -0.39 is 5.41 Å². The lowest BCUT2D eigenvalue weighted by Gasteiger charge is -2.19. The Morgan fingerprint density at radius 2 is 1.81 bits per heavy atom. The highest BCUT2D eigenvalue weighted by Gasteiger charge is 2.56. The summed E-state index contributed by atoms with van der Waals surface area (Å²) in [5, 5.41) is 6.56. The number of halogens is 1. The Hall–Kier alpha value is -2.33. The van der Waals surface area contributed by atoms with E-state index in [0.717, 1.165) is 11.1 Å². The molecular formula is C21H23ClN2O2. The van der Waals surface area contributed by atoms with Crippen molar-refractivity contribution in [3.05, 3.63) is 70.7 Å². The summed E-state index contributed by atoms with van der Waals surface area (Å²) in [6, 6.07) is 17.2. The minimum Gasteiger partial charge on any atom is -0.355 e. The van der Waals surface area contributed by atoms with Crippen LogP contribution in [0.4, 0.5) is 0 Å². The number of nitrogens with one attached hydrogen (secondary N) is 2. The molecule has 0 aromatic heterocycles. The largest absolute Gasteiger partial charge is 0.355 e. The standard InChI is InChI=1S/C21H23ClN2O2/c1-15(17-7-3-2-4-8-17)24-20(26)21(11-12-21)19(25)23-13-10-16-6-5-9-18(22)14-16/h2-9,14-15H,10-13H2,1H3,(H,23,25)(H,24,26). The second-order valence-electron chi connectivity index (χ2n) is 6.82. The molecule has 4 nitrogen and oxygen atoms in total. The molecule has 136 valence electrons. The average molecular weight is 371 g/mol. The van der Waals surface area contributed by atoms with Crippen molar-refractivity contribution in [1.82, 2.24) is 10.6 Å². The predicted octanol–water partition coefficient (Wildman–Crippen LogP) is 3.66. The Morgan fingerprint density at radius 3 is 2.46 bits per heavy atom. The fraction of sp³-hybridized carbons (Fsp3) is 0.333. The van der Waals surface area contributed by atoms with E-state index in [1.807, 2.05) is 61.5 Å². The summed E-state index contributed by atoms with van der Waals surface area (Å²) in [6.45, 7) is 2.42. The highest BCUT2D eigenvalue weighted by molar-refractivity contribution is 6.30. The monoisotopic (exact) mass is 370 g/mol. The lowest BCUT2D eigenvalue weighted by atomic mass is 10.0. The average Bonchev–Trinajstić information content (AvgIpc) is 3.44. The molecule has 2 aromatic carbocycles. The second kappa shape index (κ2) is 7.92. The maximum absolute atomic E-state index is 12.6. The molecule has 0 bridgehead atoms. The van der Waals surface area contributed by atoms with Gasteiger partial charge in [0.25, 0.3) is 0 Å². The summed E-state index contributed by atoms with van der Waals surface area (Å²) in [6.07, 6.45) is 1.89. The Morgan fingerprint density at radius 1 is 1.08 bits per heavy atom. The number of hydrogen-bond acceptors (Lipinski definition) is 2. The van der Waals surface area contributed by atoms with E-state index in [2.05, 4.69) is 10.6 Å². The summed E-state index contributed by atoms with van der Waals surface area (Å²) in [7, 11) is 0. The number of carbonyl (C=O) groups is 2. The van der Waals surface area contributed by atoms with Crippen molar-refractivity contribution in [2.75, 3.05) is 6.54 Å². The van der Waals surface area contributed by atoms with E-state index in [1.54, 1.807) is 0 Å². The molecule has 0 radical (unpaired) electrons. The first-order valence-electron chi connectivity index (χ1n) is 8.90. The number of rotatable bonds is 7. The van der Waals surface area contributed by atoms with Crippen molar-refractivity contribution >= 4 is 23.4 Å². The van der Waals surface area contributed by atoms with Crippen LogP contribution in [0.5, 0.6) is 0 Å². The van der Waals surface area contributed by atoms with Crippen molar-refractivity contribution in [3.8, 4) is 0 Å². The molecule has 2 N–H and O–H groups in total. The van der Waals surface area contributed by atoms with Crippen LogP contribution in [0.25, 0.3) is 0 Å². The van der Waals surface area contributed by atoms with Crippen LogP contribution in [0, 0.1) is 5.41 Å². The number of amides is 2. The smallest absolute Gasteiger partial charge is 0.236 e. The minimum atomic E-state index is -0.905. The minimum absolute atomic E-state index is 0.125. The quantitative estimate of drug-likeness (QED) is 0.731. The molecule has 0 aliphatic heterocycles. The molecule has 1 atom stereocenters. The SMILES string of the molecule is CC(NC(=O)C1(C(=O)NCCc2cccc(Cl)c2)CC1)c1ccccc1. The molecule has 26 heavy (non-hydrogen) atoms. The van der Waals surface area contributed by atoms with Crippen LogP contribution >= 0.6 is 11.6 Å². The maximum Gasteiger partial charge on any atom is 0.236 e. The van der Waals surface area contributed by atoms with Gasteiger partial charge in [-0.1, -0.05) is 54.1 Å². The summed E-state index contributed by atoms with van der Waals surface area (Å²) in [4.78, 5) is 25.2. The first kappa shape index (κ1) is 18.5. The second-order valence-corrected chi connectivity index (χ2v) is 7.26. The predicted molar refractivity (Wildman–Crippen MR) is 103 cm³/mol. The molecule has 2 aromatic rings. The zero-order valence-electron chi connectivity index (χ0n) is 14.8. The van der Waals surface area contributed by atoms with Gasteiger partial charge in [-0.25, -0.2) is 0 Å². The molecule has 1 aliphatic carbocycles. The van der Waals surface area contributed by atoms with E-state index in [4.69, 9.17) is 11.6 Å². The summed E-state index contributed by atoms with van der Waals surface area (Å²) in [5.41, 5.74) is 1.18. The van der Waals surface area contributed by atoms with Crippen LogP contribution in [0.3, 0.4) is 0 Å². The van der Waals surface area contributed by atoms with Gasteiger partial charge in [-0.2, -0.15) is 0 Å². The molecule has 0 spiro atoms. The van der Waals surface area contributed by atoms with Crippen molar-refractivity contribution < 1.29 is 9.59 Å². The first-order valence-corrected chi connectivity index (χ1v) is 9.28. The topological polar surface area (TPSA) is 58.2 Å². The van der Waals surface area contributed by atoms with Gasteiger partial charge in [0.1, 0.15) is 5.41 Å². The van der Waals surface area contributed by atoms with Gasteiger partial charge in [-0.15, -0.1) is 0 Å². The first-order chi connectivity index (χ1) is 12.5. The molecule has 1 saturated carbocycles. The fourth-order valence-electron chi connectivity index (χ4n) is 3.02. The maximum atomic E-state index is 12.6. The summed E-state index contributed by atoms with van der Waals surface area (Å²) < 4.78 is 0. The van der Waals surface area contributed by atoms with Crippen molar-refractivity contribution in [3.63, 3.8) is 0 Å². The van der Waals surface area contributed by atoms with Crippen LogP contribution < -0.4 is 10.6 Å². The van der Waals surface area contributed by atoms with Gasteiger partial charge < -0.3 is 10.6 Å². The molecule has 2 amide bonds. The normalized spacial score (nSPS) is 15.8. The summed E-state index contributed by atoms with van der Waals surface area (Å²) >= 11 is 5.97. The number of carbonyl (C=O) groups excluding carboxylic acids is 2. The van der Waals surface area contributed by atoms with E-state index in [-0.39, 0.29) is 17.9 Å². The summed E-state index contributed by atoms with van der Waals surface area (Å²) in [5.74, 6) is -0.369. The van der Waals surface area contributed by atoms with Crippen LogP contribution in [0.15, 0.2) is 54.6 Å². The van der Waals surface area contributed by atoms with Gasteiger partial charge in [-0.05, 0) is 49.4 Å². The Bertz CT molecular complexity index is 788. The van der Waals surface area contributed by atoms with Gasteiger partial charge in [0, 0.05) is 11.6 Å². The fourth-order valence-corrected chi connectivity index (χ4v) is 3.24. The third-order valence-electron chi connectivity index (χ3n) is 4.85. The van der Waals surface area contributed by atoms with Crippen molar-refractivity contribution in [2.24, 2.45) is 5.41 Å². The van der Waals surface area contributed by atoms with E-state index in [0.29, 0.717) is 30.8 Å². The van der Waals surface area contributed by atoms with E-state index in [9.17, 15) is 9.59 Å². The molecule has 1 unspecified atom stereocenters.